The first-order chi connectivity index (χ1) is 8.47. The molecule has 3 heteroatoms. The molecule has 0 aliphatic carbocycles. The van der Waals surface area contributed by atoms with Crippen LogP contribution in [0.15, 0.2) is 24.3 Å². The highest BCUT2D eigenvalue weighted by atomic mass is 32.1. The molecule has 0 aliphatic heterocycles. The van der Waals surface area contributed by atoms with E-state index in [2.05, 4.69) is 50.0 Å². The lowest BCUT2D eigenvalue weighted by Crippen LogP contribution is -2.15. The van der Waals surface area contributed by atoms with Crippen molar-refractivity contribution in [1.82, 2.24) is 9.97 Å². The van der Waals surface area contributed by atoms with E-state index >= 15 is 0 Å². The monoisotopic (exact) mass is 256 g/mol. The third-order valence-electron chi connectivity index (χ3n) is 3.06. The minimum atomic E-state index is 0.0375. The Balaban J connectivity index is 2.54. The molecule has 0 fully saturated rings. The van der Waals surface area contributed by atoms with Crippen molar-refractivity contribution in [2.75, 3.05) is 0 Å². The van der Waals surface area contributed by atoms with Crippen LogP contribution in [-0.2, 0) is 5.41 Å². The lowest BCUT2D eigenvalue weighted by atomic mass is 9.89. The number of hydrogen-bond donors (Lipinski definition) is 0. The molecular weight excluding hydrogens is 240 g/mol. The highest BCUT2D eigenvalue weighted by molar-refractivity contribution is 7.25. The van der Waals surface area contributed by atoms with Crippen molar-refractivity contribution in [3.05, 3.63) is 35.8 Å². The van der Waals surface area contributed by atoms with Crippen LogP contribution >= 0.6 is 11.3 Å². The molecule has 0 radical (unpaired) electrons. The fourth-order valence-electron chi connectivity index (χ4n) is 2.27. The van der Waals surface area contributed by atoms with Gasteiger partial charge in [0, 0.05) is 20.9 Å². The molecule has 0 saturated carbocycles. The Morgan fingerprint density at radius 1 is 1.06 bits per heavy atom. The van der Waals surface area contributed by atoms with Crippen LogP contribution in [0, 0.1) is 6.92 Å². The number of thiophene rings is 1. The largest absolute Gasteiger partial charge is 0.237 e. The summed E-state index contributed by atoms with van der Waals surface area (Å²) in [5.74, 6) is 0.860. The van der Waals surface area contributed by atoms with Crippen molar-refractivity contribution >= 4 is 31.6 Å². The molecule has 0 amide bonds. The summed E-state index contributed by atoms with van der Waals surface area (Å²) in [6.45, 7) is 8.60. The number of aromatic nitrogens is 2. The van der Waals surface area contributed by atoms with Crippen LogP contribution in [0.5, 0.6) is 0 Å². The summed E-state index contributed by atoms with van der Waals surface area (Å²) in [6.07, 6.45) is 0. The molecule has 0 bridgehead atoms. The van der Waals surface area contributed by atoms with Crippen LogP contribution < -0.4 is 0 Å². The number of aryl methyl sites for hydroxylation is 1. The van der Waals surface area contributed by atoms with E-state index in [4.69, 9.17) is 4.98 Å². The Morgan fingerprint density at radius 3 is 2.50 bits per heavy atom. The summed E-state index contributed by atoms with van der Waals surface area (Å²) in [5, 5.41) is 2.51. The van der Waals surface area contributed by atoms with Gasteiger partial charge >= 0.3 is 0 Å². The van der Waals surface area contributed by atoms with Gasteiger partial charge in [-0.1, -0.05) is 39.0 Å². The third-order valence-corrected chi connectivity index (χ3v) is 4.13. The Labute approximate surface area is 111 Å². The molecule has 2 aromatic heterocycles. The second-order valence-electron chi connectivity index (χ2n) is 5.65. The van der Waals surface area contributed by atoms with E-state index < -0.39 is 0 Å². The summed E-state index contributed by atoms with van der Waals surface area (Å²) in [7, 11) is 0. The summed E-state index contributed by atoms with van der Waals surface area (Å²) < 4.78 is 1.29. The van der Waals surface area contributed by atoms with Gasteiger partial charge in [-0.15, -0.1) is 11.3 Å². The summed E-state index contributed by atoms with van der Waals surface area (Å²) in [6, 6.07) is 8.49. The van der Waals surface area contributed by atoms with Gasteiger partial charge in [0.05, 0.1) is 5.69 Å². The van der Waals surface area contributed by atoms with E-state index in [1.54, 1.807) is 11.3 Å². The van der Waals surface area contributed by atoms with Crippen molar-refractivity contribution in [3.8, 4) is 0 Å². The van der Waals surface area contributed by atoms with Gasteiger partial charge in [0.2, 0.25) is 0 Å². The average molecular weight is 256 g/mol. The van der Waals surface area contributed by atoms with Gasteiger partial charge in [-0.2, -0.15) is 0 Å². The maximum atomic E-state index is 4.69. The van der Waals surface area contributed by atoms with Gasteiger partial charge < -0.3 is 0 Å². The molecule has 1 aromatic carbocycles. The molecule has 0 aliphatic rings. The second kappa shape index (κ2) is 3.75. The standard InChI is InChI=1S/C15H16N2S/c1-9-16-13(15(2,3)4)12-10-7-5-6-8-11(10)18-14(12)17-9/h5-8H,1-4H3. The zero-order valence-electron chi connectivity index (χ0n) is 11.1. The van der Waals surface area contributed by atoms with Crippen molar-refractivity contribution in [2.45, 2.75) is 33.1 Å². The third kappa shape index (κ3) is 1.70. The number of hydrogen-bond acceptors (Lipinski definition) is 3. The fraction of sp³-hybridized carbons (Fsp3) is 0.333. The average Bonchev–Trinajstić information content (AvgIpc) is 2.64. The summed E-state index contributed by atoms with van der Waals surface area (Å²) in [5.41, 5.74) is 1.19. The molecule has 2 heterocycles. The quantitative estimate of drug-likeness (QED) is 0.594. The number of rotatable bonds is 0. The minimum Gasteiger partial charge on any atom is -0.237 e. The van der Waals surface area contributed by atoms with Crippen molar-refractivity contribution in [3.63, 3.8) is 0 Å². The van der Waals surface area contributed by atoms with Gasteiger partial charge in [-0.25, -0.2) is 9.97 Å². The Bertz CT molecular complexity index is 735. The van der Waals surface area contributed by atoms with Gasteiger partial charge in [0.25, 0.3) is 0 Å². The van der Waals surface area contributed by atoms with Gasteiger partial charge in [0.1, 0.15) is 10.7 Å². The number of benzene rings is 1. The highest BCUT2D eigenvalue weighted by Gasteiger charge is 2.22. The van der Waals surface area contributed by atoms with E-state index in [1.165, 1.54) is 15.5 Å². The Kier molecular flexibility index (Phi) is 2.42. The molecule has 2 nitrogen and oxygen atoms in total. The second-order valence-corrected chi connectivity index (χ2v) is 6.68. The SMILES string of the molecule is Cc1nc(C(C)(C)C)c2c(n1)sc1ccccc12. The van der Waals surface area contributed by atoms with E-state index in [0.717, 1.165) is 16.3 Å². The van der Waals surface area contributed by atoms with E-state index in [0.29, 0.717) is 0 Å². The lowest BCUT2D eigenvalue weighted by Gasteiger charge is -2.19. The normalized spacial score (nSPS) is 12.4. The molecule has 0 saturated heterocycles. The molecule has 0 atom stereocenters. The number of nitrogens with zero attached hydrogens (tertiary/aromatic N) is 2. The molecule has 92 valence electrons. The van der Waals surface area contributed by atoms with Crippen LogP contribution in [0.3, 0.4) is 0 Å². The molecule has 0 spiro atoms. The predicted molar refractivity (Wildman–Crippen MR) is 78.4 cm³/mol. The fourth-order valence-corrected chi connectivity index (χ4v) is 3.39. The topological polar surface area (TPSA) is 25.8 Å². The van der Waals surface area contributed by atoms with Gasteiger partial charge in [-0.05, 0) is 13.0 Å². The zero-order valence-corrected chi connectivity index (χ0v) is 11.9. The molecular formula is C15H16N2S. The maximum absolute atomic E-state index is 4.69. The first-order valence-corrected chi connectivity index (χ1v) is 6.95. The number of fused-ring (bicyclic) bond motifs is 3. The van der Waals surface area contributed by atoms with E-state index in [1.807, 2.05) is 6.92 Å². The molecule has 3 aromatic rings. The van der Waals surface area contributed by atoms with Gasteiger partial charge in [0.15, 0.2) is 0 Å². The molecule has 0 unspecified atom stereocenters. The van der Waals surface area contributed by atoms with Crippen LogP contribution in [0.1, 0.15) is 32.3 Å². The van der Waals surface area contributed by atoms with Crippen molar-refractivity contribution in [1.29, 1.82) is 0 Å². The first kappa shape index (κ1) is 11.6. The van der Waals surface area contributed by atoms with Gasteiger partial charge in [-0.3, -0.25) is 0 Å². The van der Waals surface area contributed by atoms with Crippen LogP contribution in [0.4, 0.5) is 0 Å². The Morgan fingerprint density at radius 2 is 1.78 bits per heavy atom. The van der Waals surface area contributed by atoms with Crippen LogP contribution in [0.25, 0.3) is 20.3 Å². The van der Waals surface area contributed by atoms with Crippen molar-refractivity contribution in [2.24, 2.45) is 0 Å². The van der Waals surface area contributed by atoms with Crippen LogP contribution in [-0.4, -0.2) is 9.97 Å². The highest BCUT2D eigenvalue weighted by Crippen LogP contribution is 2.37. The lowest BCUT2D eigenvalue weighted by molar-refractivity contribution is 0.572. The van der Waals surface area contributed by atoms with Crippen LogP contribution in [0.2, 0.25) is 0 Å². The van der Waals surface area contributed by atoms with E-state index in [-0.39, 0.29) is 5.41 Å². The minimum absolute atomic E-state index is 0.0375. The molecule has 3 rings (SSSR count). The smallest absolute Gasteiger partial charge is 0.128 e. The Hall–Kier alpha value is -1.48. The maximum Gasteiger partial charge on any atom is 0.128 e. The van der Waals surface area contributed by atoms with E-state index in [9.17, 15) is 0 Å². The molecule has 0 N–H and O–H groups in total. The summed E-state index contributed by atoms with van der Waals surface area (Å²) in [4.78, 5) is 10.4. The zero-order chi connectivity index (χ0) is 12.9. The van der Waals surface area contributed by atoms with Crippen molar-refractivity contribution < 1.29 is 0 Å². The molecule has 18 heavy (non-hydrogen) atoms. The summed E-state index contributed by atoms with van der Waals surface area (Å²) >= 11 is 1.75. The first-order valence-electron chi connectivity index (χ1n) is 6.13. The predicted octanol–water partition coefficient (Wildman–Crippen LogP) is 4.45.